The van der Waals surface area contributed by atoms with Crippen molar-refractivity contribution in [1.29, 1.82) is 0 Å². The highest BCUT2D eigenvalue weighted by atomic mass is 16.6. The van der Waals surface area contributed by atoms with Gasteiger partial charge in [0.25, 0.3) is 5.91 Å². The molecule has 2 atom stereocenters. The van der Waals surface area contributed by atoms with Crippen LogP contribution in [-0.4, -0.2) is 46.7 Å². The molecular weight excluding hydrogens is 747 g/mol. The largest absolute Gasteiger partial charge is 0.493 e. The van der Waals surface area contributed by atoms with Gasteiger partial charge in [0.05, 0.1) is 25.6 Å². The van der Waals surface area contributed by atoms with Gasteiger partial charge in [-0.2, -0.15) is 4.98 Å². The molecule has 11 nitrogen and oxygen atoms in total. The summed E-state index contributed by atoms with van der Waals surface area (Å²) in [6.45, 7) is 7.10. The van der Waals surface area contributed by atoms with E-state index in [1.165, 1.54) is 101 Å². The number of carbonyl (C=O) groups excluding carboxylic acids is 3. The maximum atomic E-state index is 12.8. The van der Waals surface area contributed by atoms with Crippen LogP contribution in [0.15, 0.2) is 59.5 Å². The minimum absolute atomic E-state index is 0.00262. The molecule has 0 saturated carbocycles. The zero-order valence-electron chi connectivity index (χ0n) is 36.0. The molecule has 0 unspecified atom stereocenters. The first kappa shape index (κ1) is 47.2. The number of aromatic nitrogens is 2. The van der Waals surface area contributed by atoms with Crippen LogP contribution in [0, 0.1) is 13.8 Å². The van der Waals surface area contributed by atoms with Crippen molar-refractivity contribution in [3.8, 4) is 5.75 Å². The van der Waals surface area contributed by atoms with Gasteiger partial charge in [-0.3, -0.25) is 19.0 Å². The van der Waals surface area contributed by atoms with E-state index in [1.54, 1.807) is 30.3 Å². The highest BCUT2D eigenvalue weighted by molar-refractivity contribution is 6.03. The molecule has 2 aromatic carbocycles. The fourth-order valence-electron chi connectivity index (χ4n) is 7.35. The van der Waals surface area contributed by atoms with E-state index in [4.69, 9.17) is 18.9 Å². The fraction of sp³-hybridized carbons (Fsp3) is 0.604. The molecule has 0 aliphatic carbocycles. The average Bonchev–Trinajstić information content (AvgIpc) is 3.24. The molecule has 3 aromatic rings. The second-order valence-electron chi connectivity index (χ2n) is 16.0. The predicted octanol–water partition coefficient (Wildman–Crippen LogP) is 10.9. The molecular formula is C48H69N3O8. The van der Waals surface area contributed by atoms with Gasteiger partial charge in [0.2, 0.25) is 0 Å². The van der Waals surface area contributed by atoms with E-state index in [0.29, 0.717) is 25.0 Å². The van der Waals surface area contributed by atoms with Gasteiger partial charge in [-0.1, -0.05) is 128 Å². The van der Waals surface area contributed by atoms with Gasteiger partial charge in [0.1, 0.15) is 31.0 Å². The zero-order valence-corrected chi connectivity index (χ0v) is 36.0. The first-order valence-corrected chi connectivity index (χ1v) is 22.4. The molecule has 1 aliphatic heterocycles. The normalized spacial score (nSPS) is 15.1. The maximum Gasteiger partial charge on any atom is 0.351 e. The number of aryl methyl sites for hydroxylation is 1. The van der Waals surface area contributed by atoms with Crippen LogP contribution in [0.2, 0.25) is 0 Å². The SMILES string of the molecule is CCCCCCCCCCCCCCCCCCOc1cc(COC(=O)CCC(=O)OC[C@@H]2CCC[C@H](n3ccc(NC(=O)c4ccccc4)nc3=O)O2)cc(C)c1C. The van der Waals surface area contributed by atoms with E-state index >= 15 is 0 Å². The fourth-order valence-corrected chi connectivity index (χ4v) is 7.35. The molecule has 0 bridgehead atoms. The van der Waals surface area contributed by atoms with Crippen LogP contribution in [0.3, 0.4) is 0 Å². The zero-order chi connectivity index (χ0) is 42.1. The number of anilines is 1. The van der Waals surface area contributed by atoms with Gasteiger partial charge >= 0.3 is 17.6 Å². The first-order chi connectivity index (χ1) is 28.7. The Labute approximate surface area is 352 Å². The van der Waals surface area contributed by atoms with Crippen molar-refractivity contribution in [2.24, 2.45) is 0 Å². The highest BCUT2D eigenvalue weighted by Crippen LogP contribution is 2.27. The lowest BCUT2D eigenvalue weighted by Crippen LogP contribution is -2.35. The quantitative estimate of drug-likeness (QED) is 0.0561. The molecule has 0 radical (unpaired) electrons. The van der Waals surface area contributed by atoms with Gasteiger partial charge in [-0.05, 0) is 80.5 Å². The second kappa shape index (κ2) is 27.3. The number of benzene rings is 2. The molecule has 1 amide bonds. The molecule has 11 heteroatoms. The summed E-state index contributed by atoms with van der Waals surface area (Å²) >= 11 is 0. The molecule has 4 rings (SSSR count). The van der Waals surface area contributed by atoms with E-state index < -0.39 is 30.0 Å². The molecule has 2 heterocycles. The van der Waals surface area contributed by atoms with E-state index in [9.17, 15) is 19.2 Å². The van der Waals surface area contributed by atoms with Crippen LogP contribution in [0.5, 0.6) is 5.75 Å². The third-order valence-corrected chi connectivity index (χ3v) is 11.0. The van der Waals surface area contributed by atoms with Crippen LogP contribution in [0.25, 0.3) is 0 Å². The number of nitrogens with one attached hydrogen (secondary N) is 1. The molecule has 0 spiro atoms. The summed E-state index contributed by atoms with van der Waals surface area (Å²) in [6.07, 6.45) is 23.6. The summed E-state index contributed by atoms with van der Waals surface area (Å²) in [7, 11) is 0. The standard InChI is InChI=1S/C48H69N3O8/c1-4-5-6-7-8-9-10-11-12-13-14-15-16-17-18-22-32-56-42-34-39(33-37(2)38(42)3)35-57-45(52)28-29-46(53)58-36-41-26-23-27-44(59-41)51-31-30-43(50-48(51)55)49-47(54)40-24-20-19-21-25-40/h19-21,24-25,30-31,33-34,41,44H,4-18,22-23,26-29,32,35-36H2,1-3H3,(H,49,50,54,55)/t41-,44+/m0/s1. The van der Waals surface area contributed by atoms with E-state index in [2.05, 4.69) is 17.2 Å². The lowest BCUT2D eigenvalue weighted by Gasteiger charge is -2.30. The molecule has 1 aromatic heterocycles. The molecule has 1 aliphatic rings. The molecule has 1 N–H and O–H groups in total. The number of esters is 2. The van der Waals surface area contributed by atoms with Crippen molar-refractivity contribution in [1.82, 2.24) is 9.55 Å². The van der Waals surface area contributed by atoms with E-state index in [1.807, 2.05) is 32.0 Å². The predicted molar refractivity (Wildman–Crippen MR) is 232 cm³/mol. The van der Waals surface area contributed by atoms with Crippen LogP contribution < -0.4 is 15.7 Å². The Morgan fingerprint density at radius 3 is 2.02 bits per heavy atom. The summed E-state index contributed by atoms with van der Waals surface area (Å²) in [5, 5.41) is 2.64. The van der Waals surface area contributed by atoms with Crippen molar-refractivity contribution in [3.05, 3.63) is 87.5 Å². The number of hydrogen-bond acceptors (Lipinski definition) is 9. The topological polar surface area (TPSA) is 135 Å². The number of carbonyl (C=O) groups is 3. The lowest BCUT2D eigenvalue weighted by molar-refractivity contribution is -0.159. The Balaban J connectivity index is 1.05. The Morgan fingerprint density at radius 1 is 0.780 bits per heavy atom. The Hall–Kier alpha value is -4.51. The second-order valence-corrected chi connectivity index (χ2v) is 16.0. The van der Waals surface area contributed by atoms with Crippen molar-refractivity contribution in [2.75, 3.05) is 18.5 Å². The number of amides is 1. The minimum atomic E-state index is -0.587. The lowest BCUT2D eigenvalue weighted by atomic mass is 10.0. The van der Waals surface area contributed by atoms with Crippen molar-refractivity contribution in [3.63, 3.8) is 0 Å². The van der Waals surface area contributed by atoms with Crippen LogP contribution in [0.1, 0.15) is 175 Å². The molecule has 59 heavy (non-hydrogen) atoms. The van der Waals surface area contributed by atoms with Gasteiger partial charge < -0.3 is 24.3 Å². The molecule has 1 saturated heterocycles. The first-order valence-electron chi connectivity index (χ1n) is 22.4. The van der Waals surface area contributed by atoms with Crippen molar-refractivity contribution < 1.29 is 33.3 Å². The smallest absolute Gasteiger partial charge is 0.351 e. The third kappa shape index (κ3) is 18.1. The number of hydrogen-bond donors (Lipinski definition) is 1. The minimum Gasteiger partial charge on any atom is -0.493 e. The molecule has 1 fully saturated rings. The third-order valence-electron chi connectivity index (χ3n) is 11.0. The number of unbranched alkanes of at least 4 members (excludes halogenated alkanes) is 15. The summed E-state index contributed by atoms with van der Waals surface area (Å²) in [6, 6.07) is 14.1. The number of ether oxygens (including phenoxy) is 4. The monoisotopic (exact) mass is 816 g/mol. The van der Waals surface area contributed by atoms with Crippen LogP contribution in [-0.2, 0) is 30.4 Å². The summed E-state index contributed by atoms with van der Waals surface area (Å²) < 4.78 is 24.5. The summed E-state index contributed by atoms with van der Waals surface area (Å²) in [5.74, 6) is -0.418. The number of nitrogens with zero attached hydrogens (tertiary/aromatic N) is 2. The molecule has 324 valence electrons. The summed E-state index contributed by atoms with van der Waals surface area (Å²) in [4.78, 5) is 54.3. The van der Waals surface area contributed by atoms with E-state index in [0.717, 1.165) is 41.7 Å². The van der Waals surface area contributed by atoms with Gasteiger partial charge in [-0.15, -0.1) is 0 Å². The Bertz CT molecular complexity index is 1760. The van der Waals surface area contributed by atoms with Crippen LogP contribution in [0.4, 0.5) is 5.82 Å². The highest BCUT2D eigenvalue weighted by Gasteiger charge is 2.26. The summed E-state index contributed by atoms with van der Waals surface area (Å²) in [5.41, 5.74) is 2.89. The Kier molecular flexibility index (Phi) is 21.8. The van der Waals surface area contributed by atoms with Gasteiger partial charge in [0.15, 0.2) is 0 Å². The van der Waals surface area contributed by atoms with Gasteiger partial charge in [0, 0.05) is 11.8 Å². The average molecular weight is 816 g/mol. The Morgan fingerprint density at radius 2 is 1.39 bits per heavy atom. The van der Waals surface area contributed by atoms with Gasteiger partial charge in [-0.25, -0.2) is 4.79 Å². The van der Waals surface area contributed by atoms with Crippen molar-refractivity contribution in [2.45, 2.75) is 175 Å². The van der Waals surface area contributed by atoms with Crippen molar-refractivity contribution >= 4 is 23.7 Å². The number of rotatable bonds is 28. The van der Waals surface area contributed by atoms with E-state index in [-0.39, 0.29) is 37.8 Å². The van der Waals surface area contributed by atoms with Crippen LogP contribution >= 0.6 is 0 Å². The maximum absolute atomic E-state index is 12.8.